The zero-order valence-corrected chi connectivity index (χ0v) is 19.9. The summed E-state index contributed by atoms with van der Waals surface area (Å²) in [6.45, 7) is 3.41. The highest BCUT2D eigenvalue weighted by Crippen LogP contribution is 2.22. The Balaban J connectivity index is 1.40. The first-order chi connectivity index (χ1) is 16.3. The SMILES string of the molecule is Cc1cc(COc2ccc(S(=O)(=O)NC[C@H](C(=O)O)N3CCCCC3)cc2)c2ccccc2n1. The van der Waals surface area contributed by atoms with Gasteiger partial charge in [-0.2, -0.15) is 0 Å². The van der Waals surface area contributed by atoms with Crippen molar-refractivity contribution in [1.82, 2.24) is 14.6 Å². The number of hydrogen-bond acceptors (Lipinski definition) is 6. The fourth-order valence-electron chi connectivity index (χ4n) is 4.26. The van der Waals surface area contributed by atoms with Crippen LogP contribution in [0.25, 0.3) is 10.9 Å². The topological polar surface area (TPSA) is 109 Å². The van der Waals surface area contributed by atoms with Crippen LogP contribution in [-0.4, -0.2) is 55.1 Å². The van der Waals surface area contributed by atoms with Crippen LogP contribution >= 0.6 is 0 Å². The lowest BCUT2D eigenvalue weighted by Crippen LogP contribution is -2.50. The van der Waals surface area contributed by atoms with E-state index in [1.54, 1.807) is 12.1 Å². The summed E-state index contributed by atoms with van der Waals surface area (Å²) in [7, 11) is -3.85. The number of pyridine rings is 1. The second-order valence-electron chi connectivity index (χ2n) is 8.50. The third-order valence-corrected chi connectivity index (χ3v) is 7.48. The molecule has 180 valence electrons. The number of piperidine rings is 1. The monoisotopic (exact) mass is 483 g/mol. The minimum atomic E-state index is -3.85. The van der Waals surface area contributed by atoms with E-state index in [2.05, 4.69) is 9.71 Å². The number of likely N-dealkylation sites (tertiary alicyclic amines) is 1. The molecule has 4 rings (SSSR count). The number of carboxylic acids is 1. The lowest BCUT2D eigenvalue weighted by molar-refractivity contribution is -0.143. The van der Waals surface area contributed by atoms with Gasteiger partial charge in [0.05, 0.1) is 10.4 Å². The first-order valence-electron chi connectivity index (χ1n) is 11.4. The Labute approximate surface area is 199 Å². The highest BCUT2D eigenvalue weighted by atomic mass is 32.2. The van der Waals surface area contributed by atoms with Gasteiger partial charge in [-0.25, -0.2) is 13.1 Å². The molecule has 9 heteroatoms. The van der Waals surface area contributed by atoms with Gasteiger partial charge in [0.1, 0.15) is 18.4 Å². The molecule has 0 spiro atoms. The fraction of sp³-hybridized carbons (Fsp3) is 0.360. The maximum Gasteiger partial charge on any atom is 0.322 e. The molecule has 0 bridgehead atoms. The van der Waals surface area contributed by atoms with Crippen LogP contribution < -0.4 is 9.46 Å². The van der Waals surface area contributed by atoms with E-state index >= 15 is 0 Å². The number of para-hydroxylation sites is 1. The van der Waals surface area contributed by atoms with Gasteiger partial charge >= 0.3 is 5.97 Å². The molecule has 1 aliphatic heterocycles. The Kier molecular flexibility index (Phi) is 7.45. The summed E-state index contributed by atoms with van der Waals surface area (Å²) in [6, 6.07) is 15.1. The second-order valence-corrected chi connectivity index (χ2v) is 10.3. The lowest BCUT2D eigenvalue weighted by Gasteiger charge is -2.31. The molecule has 0 saturated carbocycles. The summed E-state index contributed by atoms with van der Waals surface area (Å²) in [4.78, 5) is 18.1. The zero-order chi connectivity index (χ0) is 24.1. The summed E-state index contributed by atoms with van der Waals surface area (Å²) < 4.78 is 33.9. The van der Waals surface area contributed by atoms with Crippen molar-refractivity contribution in [3.63, 3.8) is 0 Å². The molecule has 0 aliphatic carbocycles. The Morgan fingerprint density at radius 2 is 1.82 bits per heavy atom. The quantitative estimate of drug-likeness (QED) is 0.480. The zero-order valence-electron chi connectivity index (χ0n) is 19.1. The maximum atomic E-state index is 12.7. The first kappa shape index (κ1) is 24.1. The summed E-state index contributed by atoms with van der Waals surface area (Å²) in [5.74, 6) is -0.485. The molecule has 1 aromatic heterocycles. The number of nitrogens with zero attached hydrogens (tertiary/aromatic N) is 2. The van der Waals surface area contributed by atoms with Crippen LogP contribution in [0.4, 0.5) is 0 Å². The van der Waals surface area contributed by atoms with Crippen LogP contribution in [0.1, 0.15) is 30.5 Å². The third kappa shape index (κ3) is 5.72. The summed E-state index contributed by atoms with van der Waals surface area (Å²) in [6.07, 6.45) is 2.92. The van der Waals surface area contributed by atoms with Crippen LogP contribution in [-0.2, 0) is 21.4 Å². The van der Waals surface area contributed by atoms with Crippen LogP contribution in [0.3, 0.4) is 0 Å². The van der Waals surface area contributed by atoms with E-state index in [0.29, 0.717) is 25.4 Å². The average molecular weight is 484 g/mol. The highest BCUT2D eigenvalue weighted by molar-refractivity contribution is 7.89. The molecule has 1 fully saturated rings. The van der Waals surface area contributed by atoms with Gasteiger partial charge in [-0.3, -0.25) is 14.7 Å². The lowest BCUT2D eigenvalue weighted by atomic mass is 10.1. The molecule has 1 aliphatic rings. The smallest absolute Gasteiger partial charge is 0.322 e. The van der Waals surface area contributed by atoms with Crippen LogP contribution in [0.15, 0.2) is 59.5 Å². The molecule has 0 unspecified atom stereocenters. The van der Waals surface area contributed by atoms with Crippen molar-refractivity contribution in [3.8, 4) is 5.75 Å². The number of rotatable bonds is 9. The van der Waals surface area contributed by atoms with E-state index in [-0.39, 0.29) is 11.4 Å². The number of aliphatic carboxylic acids is 1. The molecule has 1 saturated heterocycles. The molecule has 34 heavy (non-hydrogen) atoms. The number of carboxylic acid groups (broad SMARTS) is 1. The minimum absolute atomic E-state index is 0.0628. The Bertz CT molecular complexity index is 1260. The van der Waals surface area contributed by atoms with Crippen molar-refractivity contribution in [2.24, 2.45) is 0 Å². The van der Waals surface area contributed by atoms with Gasteiger partial charge in [0, 0.05) is 23.2 Å². The van der Waals surface area contributed by atoms with Gasteiger partial charge in [0.15, 0.2) is 0 Å². The molecule has 3 aromatic rings. The van der Waals surface area contributed by atoms with Gasteiger partial charge in [0.25, 0.3) is 0 Å². The molecule has 2 heterocycles. The molecule has 2 aromatic carbocycles. The highest BCUT2D eigenvalue weighted by Gasteiger charge is 2.28. The molecule has 8 nitrogen and oxygen atoms in total. The van der Waals surface area contributed by atoms with E-state index in [1.165, 1.54) is 12.1 Å². The van der Waals surface area contributed by atoms with Crippen molar-refractivity contribution < 1.29 is 23.1 Å². The number of hydrogen-bond donors (Lipinski definition) is 2. The third-order valence-electron chi connectivity index (χ3n) is 6.04. The number of aryl methyl sites for hydroxylation is 1. The van der Waals surface area contributed by atoms with Gasteiger partial charge in [-0.15, -0.1) is 0 Å². The van der Waals surface area contributed by atoms with E-state index in [4.69, 9.17) is 4.74 Å². The summed E-state index contributed by atoms with van der Waals surface area (Å²) >= 11 is 0. The van der Waals surface area contributed by atoms with E-state index < -0.39 is 22.0 Å². The second kappa shape index (κ2) is 10.5. The standard InChI is InChI=1S/C25H29N3O5S/c1-18-15-19(22-7-3-4-8-23(22)27-18)17-33-20-9-11-21(12-10-20)34(31,32)26-16-24(25(29)30)28-13-5-2-6-14-28/h3-4,7-12,15,24,26H,2,5-6,13-14,16-17H2,1H3,(H,29,30)/t24-/m1/s1. The van der Waals surface area contributed by atoms with Gasteiger partial charge in [-0.05, 0) is 69.3 Å². The van der Waals surface area contributed by atoms with E-state index in [1.807, 2.05) is 42.2 Å². The number of ether oxygens (including phenoxy) is 1. The van der Waals surface area contributed by atoms with E-state index in [0.717, 1.165) is 41.4 Å². The number of sulfonamides is 1. The normalized spacial score (nSPS) is 15.8. The number of benzene rings is 2. The molecular weight excluding hydrogens is 454 g/mol. The first-order valence-corrected chi connectivity index (χ1v) is 12.9. The van der Waals surface area contributed by atoms with E-state index in [9.17, 15) is 18.3 Å². The minimum Gasteiger partial charge on any atom is -0.489 e. The van der Waals surface area contributed by atoms with Crippen molar-refractivity contribution in [2.75, 3.05) is 19.6 Å². The van der Waals surface area contributed by atoms with Gasteiger partial charge < -0.3 is 9.84 Å². The van der Waals surface area contributed by atoms with Gasteiger partial charge in [0.2, 0.25) is 10.0 Å². The molecule has 0 radical (unpaired) electrons. The number of nitrogens with one attached hydrogen (secondary N) is 1. The van der Waals surface area contributed by atoms with Crippen LogP contribution in [0.5, 0.6) is 5.75 Å². The molecular formula is C25H29N3O5S. The number of carbonyl (C=O) groups is 1. The van der Waals surface area contributed by atoms with Crippen LogP contribution in [0, 0.1) is 6.92 Å². The summed E-state index contributed by atoms with van der Waals surface area (Å²) in [5.41, 5.74) is 2.80. The average Bonchev–Trinajstić information content (AvgIpc) is 2.83. The largest absolute Gasteiger partial charge is 0.489 e. The Morgan fingerprint density at radius 3 is 2.53 bits per heavy atom. The predicted octanol–water partition coefficient (Wildman–Crippen LogP) is 3.34. The van der Waals surface area contributed by atoms with Crippen LogP contribution in [0.2, 0.25) is 0 Å². The maximum absolute atomic E-state index is 12.7. The van der Waals surface area contributed by atoms with Crippen molar-refractivity contribution in [1.29, 1.82) is 0 Å². The van der Waals surface area contributed by atoms with Gasteiger partial charge in [-0.1, -0.05) is 24.6 Å². The van der Waals surface area contributed by atoms with Crippen molar-refractivity contribution in [3.05, 3.63) is 65.9 Å². The molecule has 1 atom stereocenters. The fourth-order valence-corrected chi connectivity index (χ4v) is 5.30. The van der Waals surface area contributed by atoms with Crippen molar-refractivity contribution >= 4 is 26.9 Å². The number of fused-ring (bicyclic) bond motifs is 1. The van der Waals surface area contributed by atoms with Crippen molar-refractivity contribution in [2.45, 2.75) is 43.7 Å². The Morgan fingerprint density at radius 1 is 1.12 bits per heavy atom. The summed E-state index contributed by atoms with van der Waals surface area (Å²) in [5, 5.41) is 10.6. The predicted molar refractivity (Wildman–Crippen MR) is 129 cm³/mol. The number of aromatic nitrogens is 1. The molecule has 0 amide bonds. The molecule has 2 N–H and O–H groups in total. The Hall–Kier alpha value is -3.01.